The molecule has 0 aliphatic carbocycles. The highest BCUT2D eigenvalue weighted by atomic mass is 35.5. The molecule has 2 aromatic carbocycles. The zero-order valence-corrected chi connectivity index (χ0v) is 11.9. The zero-order chi connectivity index (χ0) is 16.5. The molecule has 2 aromatic rings. The number of nitrogens with two attached hydrogens (primary N) is 1. The van der Waals surface area contributed by atoms with E-state index in [1.54, 1.807) is 24.3 Å². The fourth-order valence-electron chi connectivity index (χ4n) is 2.10. The van der Waals surface area contributed by atoms with Crippen molar-refractivity contribution in [2.24, 2.45) is 0 Å². The molecule has 0 heterocycles. The first-order chi connectivity index (χ1) is 10.2. The summed E-state index contributed by atoms with van der Waals surface area (Å²) in [6.07, 6.45) is -4.80. The van der Waals surface area contributed by atoms with Gasteiger partial charge in [0.1, 0.15) is 0 Å². The molecule has 0 fully saturated rings. The molecule has 0 atom stereocenters. The van der Waals surface area contributed by atoms with Crippen LogP contribution in [0.5, 0.6) is 0 Å². The highest BCUT2D eigenvalue weighted by Gasteiger charge is 2.35. The summed E-state index contributed by atoms with van der Waals surface area (Å²) in [5.41, 5.74) is 4.84. The molecule has 0 spiro atoms. The van der Waals surface area contributed by atoms with Gasteiger partial charge in [-0.25, -0.2) is 4.79 Å². The summed E-state index contributed by atoms with van der Waals surface area (Å²) in [7, 11) is 0. The number of rotatable bonds is 3. The van der Waals surface area contributed by atoms with Crippen LogP contribution in [0, 0.1) is 0 Å². The second kappa shape index (κ2) is 5.88. The van der Waals surface area contributed by atoms with Crippen LogP contribution in [0.4, 0.5) is 18.9 Å². The molecule has 0 amide bonds. The fourth-order valence-corrected chi connectivity index (χ4v) is 2.39. The highest BCUT2D eigenvalue weighted by molar-refractivity contribution is 6.31. The largest absolute Gasteiger partial charge is 0.478 e. The maximum atomic E-state index is 13.2. The Morgan fingerprint density at radius 1 is 1.23 bits per heavy atom. The van der Waals surface area contributed by atoms with E-state index >= 15 is 0 Å². The van der Waals surface area contributed by atoms with Crippen LogP contribution in [0.15, 0.2) is 36.4 Å². The van der Waals surface area contributed by atoms with Gasteiger partial charge in [0.15, 0.2) is 0 Å². The number of carboxylic acid groups (broad SMARTS) is 1. The quantitative estimate of drug-likeness (QED) is 0.828. The number of alkyl halides is 3. The van der Waals surface area contributed by atoms with Crippen LogP contribution in [0.2, 0.25) is 5.02 Å². The molecule has 0 aliphatic heterocycles. The fraction of sp³-hybridized carbons (Fsp3) is 0.133. The Hall–Kier alpha value is -2.21. The van der Waals surface area contributed by atoms with E-state index in [2.05, 4.69) is 0 Å². The number of hydrogen-bond donors (Lipinski definition) is 2. The van der Waals surface area contributed by atoms with Crippen molar-refractivity contribution in [1.29, 1.82) is 0 Å². The van der Waals surface area contributed by atoms with Crippen LogP contribution >= 0.6 is 11.6 Å². The van der Waals surface area contributed by atoms with Gasteiger partial charge in [-0.3, -0.25) is 0 Å². The lowest BCUT2D eigenvalue weighted by atomic mass is 9.97. The first-order valence-electron chi connectivity index (χ1n) is 6.16. The number of aromatic carboxylic acids is 1. The molecule has 7 heteroatoms. The van der Waals surface area contributed by atoms with E-state index in [0.29, 0.717) is 17.3 Å². The van der Waals surface area contributed by atoms with Crippen molar-refractivity contribution in [3.63, 3.8) is 0 Å². The smallest absolute Gasteiger partial charge is 0.416 e. The van der Waals surface area contributed by atoms with Crippen molar-refractivity contribution in [2.75, 3.05) is 5.73 Å². The van der Waals surface area contributed by atoms with E-state index in [4.69, 9.17) is 22.4 Å². The summed E-state index contributed by atoms with van der Waals surface area (Å²) in [5.74, 6) is -1.47. The number of carbonyl (C=O) groups is 1. The van der Waals surface area contributed by atoms with E-state index in [0.717, 1.165) is 6.07 Å². The Morgan fingerprint density at radius 2 is 1.91 bits per heavy atom. The third-order valence-electron chi connectivity index (χ3n) is 3.08. The van der Waals surface area contributed by atoms with Crippen LogP contribution in [0.3, 0.4) is 0 Å². The minimum Gasteiger partial charge on any atom is -0.478 e. The van der Waals surface area contributed by atoms with Gasteiger partial charge in [0.25, 0.3) is 0 Å². The number of carboxylic acids is 1. The van der Waals surface area contributed by atoms with Crippen LogP contribution in [0.1, 0.15) is 27.0 Å². The van der Waals surface area contributed by atoms with Crippen molar-refractivity contribution in [3.05, 3.63) is 63.7 Å². The van der Waals surface area contributed by atoms with Crippen molar-refractivity contribution in [1.82, 2.24) is 0 Å². The Labute approximate surface area is 129 Å². The average Bonchev–Trinajstić information content (AvgIpc) is 2.39. The molecule has 2 rings (SSSR count). The Bertz CT molecular complexity index is 729. The summed E-state index contributed by atoms with van der Waals surface area (Å²) in [5, 5.41) is 8.63. The summed E-state index contributed by atoms with van der Waals surface area (Å²) < 4.78 is 39.5. The predicted molar refractivity (Wildman–Crippen MR) is 77.1 cm³/mol. The normalized spacial score (nSPS) is 11.5. The molecule has 3 nitrogen and oxygen atoms in total. The van der Waals surface area contributed by atoms with E-state index in [1.807, 2.05) is 0 Å². The van der Waals surface area contributed by atoms with Gasteiger partial charge in [0.2, 0.25) is 0 Å². The molecule has 0 saturated carbocycles. The standard InChI is InChI=1S/C15H11ClF3NO2/c16-13-7-9(14(21)22)6-12(15(17,18)19)11(13)5-8-2-1-3-10(20)4-8/h1-4,6-7H,5,20H2,(H,21,22). The van der Waals surface area contributed by atoms with Gasteiger partial charge in [-0.15, -0.1) is 0 Å². The molecule has 0 aromatic heterocycles. The highest BCUT2D eigenvalue weighted by Crippen LogP contribution is 2.37. The monoisotopic (exact) mass is 329 g/mol. The second-order valence-electron chi connectivity index (χ2n) is 4.71. The van der Waals surface area contributed by atoms with Crippen LogP contribution in [-0.4, -0.2) is 11.1 Å². The SMILES string of the molecule is Nc1cccc(Cc2c(Cl)cc(C(=O)O)cc2C(F)(F)F)c1. The van der Waals surface area contributed by atoms with Gasteiger partial charge in [-0.1, -0.05) is 23.7 Å². The first kappa shape index (κ1) is 16.2. The molecule has 22 heavy (non-hydrogen) atoms. The van der Waals surface area contributed by atoms with Gasteiger partial charge in [0, 0.05) is 10.7 Å². The van der Waals surface area contributed by atoms with E-state index in [1.165, 1.54) is 0 Å². The van der Waals surface area contributed by atoms with Gasteiger partial charge in [0.05, 0.1) is 11.1 Å². The lowest BCUT2D eigenvalue weighted by Crippen LogP contribution is -2.12. The molecule has 116 valence electrons. The number of anilines is 1. The maximum Gasteiger partial charge on any atom is 0.416 e. The number of halogens is 4. The first-order valence-corrected chi connectivity index (χ1v) is 6.53. The van der Waals surface area contributed by atoms with Gasteiger partial charge >= 0.3 is 12.1 Å². The molecule has 0 saturated heterocycles. The third kappa shape index (κ3) is 3.51. The van der Waals surface area contributed by atoms with Crippen molar-refractivity contribution in [2.45, 2.75) is 12.6 Å². The van der Waals surface area contributed by atoms with E-state index < -0.39 is 23.3 Å². The Kier molecular flexibility index (Phi) is 4.32. The van der Waals surface area contributed by atoms with Crippen LogP contribution in [-0.2, 0) is 12.6 Å². The van der Waals surface area contributed by atoms with Crippen molar-refractivity contribution in [3.8, 4) is 0 Å². The lowest BCUT2D eigenvalue weighted by Gasteiger charge is -2.16. The molecule has 3 N–H and O–H groups in total. The minimum atomic E-state index is -4.70. The van der Waals surface area contributed by atoms with Crippen LogP contribution < -0.4 is 5.73 Å². The summed E-state index contributed by atoms with van der Waals surface area (Å²) in [6, 6.07) is 8.01. The lowest BCUT2D eigenvalue weighted by molar-refractivity contribution is -0.138. The van der Waals surface area contributed by atoms with Crippen molar-refractivity contribution >= 4 is 23.3 Å². The van der Waals surface area contributed by atoms with E-state index in [-0.39, 0.29) is 17.0 Å². The summed E-state index contributed by atoms with van der Waals surface area (Å²) >= 11 is 5.88. The number of nitrogen functional groups attached to an aromatic ring is 1. The molecule has 0 bridgehead atoms. The summed E-state index contributed by atoms with van der Waals surface area (Å²) in [6.45, 7) is 0. The Morgan fingerprint density at radius 3 is 2.45 bits per heavy atom. The second-order valence-corrected chi connectivity index (χ2v) is 5.12. The van der Waals surface area contributed by atoms with Gasteiger partial charge < -0.3 is 10.8 Å². The number of hydrogen-bond acceptors (Lipinski definition) is 2. The topological polar surface area (TPSA) is 63.3 Å². The predicted octanol–water partition coefficient (Wildman–Crippen LogP) is 4.23. The maximum absolute atomic E-state index is 13.2. The third-order valence-corrected chi connectivity index (χ3v) is 3.42. The molecular weight excluding hydrogens is 319 g/mol. The summed E-state index contributed by atoms with van der Waals surface area (Å²) in [4.78, 5) is 10.9. The molecular formula is C15H11ClF3NO2. The van der Waals surface area contributed by atoms with Crippen molar-refractivity contribution < 1.29 is 23.1 Å². The Balaban J connectivity index is 2.56. The molecule has 0 radical (unpaired) electrons. The van der Waals surface area contributed by atoms with Gasteiger partial charge in [-0.05, 0) is 41.8 Å². The van der Waals surface area contributed by atoms with Gasteiger partial charge in [-0.2, -0.15) is 13.2 Å². The molecule has 0 unspecified atom stereocenters. The van der Waals surface area contributed by atoms with E-state index in [9.17, 15) is 18.0 Å². The zero-order valence-electron chi connectivity index (χ0n) is 11.1. The average molecular weight is 330 g/mol. The molecule has 0 aliphatic rings. The minimum absolute atomic E-state index is 0.0986. The van der Waals surface area contributed by atoms with Crippen LogP contribution in [0.25, 0.3) is 0 Å². The number of benzene rings is 2.